The molecule has 0 bridgehead atoms. The first-order valence-electron chi connectivity index (χ1n) is 7.75. The smallest absolute Gasteiger partial charge is 0.157 e. The number of rotatable bonds is 6. The molecule has 3 heteroatoms. The van der Waals surface area contributed by atoms with Gasteiger partial charge in [-0.15, -0.1) is 0 Å². The standard InChI is InChI=1S/C16H27NO2/c1-14(8-9-15-6-2-4-11-17-15)10-13-19-16-7-3-5-12-18-16/h10,16H,2-9,11-13H2,1H3/b14-10+. The largest absolute Gasteiger partial charge is 0.353 e. The van der Waals surface area contributed by atoms with Gasteiger partial charge in [0.2, 0.25) is 0 Å². The molecule has 2 aliphatic heterocycles. The molecule has 3 nitrogen and oxygen atoms in total. The summed E-state index contributed by atoms with van der Waals surface area (Å²) in [5.41, 5.74) is 2.82. The topological polar surface area (TPSA) is 30.8 Å². The number of nitrogens with zero attached hydrogens (tertiary/aromatic N) is 1. The van der Waals surface area contributed by atoms with E-state index in [9.17, 15) is 0 Å². The Bertz CT molecular complexity index is 317. The summed E-state index contributed by atoms with van der Waals surface area (Å²) >= 11 is 0. The molecule has 1 atom stereocenters. The zero-order valence-corrected chi connectivity index (χ0v) is 12.2. The Morgan fingerprint density at radius 1 is 1.37 bits per heavy atom. The first-order valence-corrected chi connectivity index (χ1v) is 7.75. The first kappa shape index (κ1) is 14.7. The van der Waals surface area contributed by atoms with Crippen LogP contribution in [0, 0.1) is 0 Å². The van der Waals surface area contributed by atoms with E-state index in [0.29, 0.717) is 6.61 Å². The number of aliphatic imine (C=N–C) groups is 1. The zero-order valence-electron chi connectivity index (χ0n) is 12.2. The van der Waals surface area contributed by atoms with E-state index >= 15 is 0 Å². The van der Waals surface area contributed by atoms with Gasteiger partial charge in [0.25, 0.3) is 0 Å². The average molecular weight is 265 g/mol. The summed E-state index contributed by atoms with van der Waals surface area (Å²) in [7, 11) is 0. The molecule has 1 fully saturated rings. The van der Waals surface area contributed by atoms with Gasteiger partial charge < -0.3 is 9.47 Å². The molecule has 0 aromatic rings. The van der Waals surface area contributed by atoms with Crippen LogP contribution in [0.3, 0.4) is 0 Å². The van der Waals surface area contributed by atoms with Crippen molar-refractivity contribution in [3.8, 4) is 0 Å². The van der Waals surface area contributed by atoms with Crippen LogP contribution in [-0.2, 0) is 9.47 Å². The Morgan fingerprint density at radius 3 is 3.05 bits per heavy atom. The van der Waals surface area contributed by atoms with Gasteiger partial charge in [-0.05, 0) is 58.3 Å². The molecule has 0 spiro atoms. The highest BCUT2D eigenvalue weighted by Crippen LogP contribution is 2.15. The van der Waals surface area contributed by atoms with Crippen LogP contribution in [0.2, 0.25) is 0 Å². The second-order valence-electron chi connectivity index (χ2n) is 5.58. The predicted octanol–water partition coefficient (Wildman–Crippen LogP) is 3.88. The van der Waals surface area contributed by atoms with Gasteiger partial charge in [-0.2, -0.15) is 0 Å². The molecule has 0 radical (unpaired) electrons. The minimum Gasteiger partial charge on any atom is -0.353 e. The summed E-state index contributed by atoms with van der Waals surface area (Å²) in [4.78, 5) is 4.59. The summed E-state index contributed by atoms with van der Waals surface area (Å²) in [5, 5.41) is 0. The van der Waals surface area contributed by atoms with Gasteiger partial charge in [-0.1, -0.05) is 11.6 Å². The van der Waals surface area contributed by atoms with E-state index in [4.69, 9.17) is 9.47 Å². The second kappa shape index (κ2) is 8.49. The van der Waals surface area contributed by atoms with Crippen LogP contribution in [0.5, 0.6) is 0 Å². The molecule has 2 heterocycles. The first-order chi connectivity index (χ1) is 9.34. The lowest BCUT2D eigenvalue weighted by molar-refractivity contribution is -0.155. The fraction of sp³-hybridized carbons (Fsp3) is 0.812. The highest BCUT2D eigenvalue weighted by Gasteiger charge is 2.13. The van der Waals surface area contributed by atoms with E-state index in [0.717, 1.165) is 32.4 Å². The van der Waals surface area contributed by atoms with Crippen LogP contribution >= 0.6 is 0 Å². The number of ether oxygens (including phenoxy) is 2. The van der Waals surface area contributed by atoms with Gasteiger partial charge in [0, 0.05) is 18.9 Å². The Labute approximate surface area is 117 Å². The van der Waals surface area contributed by atoms with Crippen molar-refractivity contribution >= 4 is 5.71 Å². The van der Waals surface area contributed by atoms with E-state index in [2.05, 4.69) is 18.0 Å². The average Bonchev–Trinajstić information content (AvgIpc) is 2.47. The molecule has 19 heavy (non-hydrogen) atoms. The molecule has 1 unspecified atom stereocenters. The van der Waals surface area contributed by atoms with Crippen LogP contribution in [0.1, 0.15) is 58.3 Å². The molecule has 2 aliphatic rings. The van der Waals surface area contributed by atoms with Gasteiger partial charge >= 0.3 is 0 Å². The van der Waals surface area contributed by atoms with E-state index in [1.165, 1.54) is 43.4 Å². The molecular formula is C16H27NO2. The molecular weight excluding hydrogens is 238 g/mol. The van der Waals surface area contributed by atoms with Crippen molar-refractivity contribution in [3.05, 3.63) is 11.6 Å². The maximum atomic E-state index is 5.72. The number of hydrogen-bond donors (Lipinski definition) is 0. The Hall–Kier alpha value is -0.670. The monoisotopic (exact) mass is 265 g/mol. The lowest BCUT2D eigenvalue weighted by Gasteiger charge is -2.22. The van der Waals surface area contributed by atoms with Crippen LogP contribution in [0.4, 0.5) is 0 Å². The lowest BCUT2D eigenvalue weighted by Crippen LogP contribution is -2.22. The van der Waals surface area contributed by atoms with Crippen LogP contribution in [0.15, 0.2) is 16.6 Å². The molecule has 2 rings (SSSR count). The lowest BCUT2D eigenvalue weighted by atomic mass is 10.0. The molecule has 0 amide bonds. The molecule has 0 N–H and O–H groups in total. The van der Waals surface area contributed by atoms with Crippen molar-refractivity contribution in [2.24, 2.45) is 4.99 Å². The summed E-state index contributed by atoms with van der Waals surface area (Å²) in [6, 6.07) is 0. The molecule has 1 saturated heterocycles. The second-order valence-corrected chi connectivity index (χ2v) is 5.58. The van der Waals surface area contributed by atoms with Crippen LogP contribution in [-0.4, -0.2) is 31.8 Å². The van der Waals surface area contributed by atoms with E-state index < -0.39 is 0 Å². The van der Waals surface area contributed by atoms with Gasteiger partial charge in [0.05, 0.1) is 6.61 Å². The summed E-state index contributed by atoms with van der Waals surface area (Å²) < 4.78 is 11.3. The maximum absolute atomic E-state index is 5.72. The van der Waals surface area contributed by atoms with Crippen molar-refractivity contribution < 1.29 is 9.47 Å². The van der Waals surface area contributed by atoms with Gasteiger partial charge in [-0.3, -0.25) is 4.99 Å². The van der Waals surface area contributed by atoms with E-state index in [1.807, 2.05) is 0 Å². The SMILES string of the molecule is C/C(=C\COC1CCCCO1)CCC1=NCCCC1. The quantitative estimate of drug-likeness (QED) is 0.682. The maximum Gasteiger partial charge on any atom is 0.157 e. The minimum atomic E-state index is 0.0283. The molecule has 0 aromatic heterocycles. The Kier molecular flexibility index (Phi) is 6.58. The van der Waals surface area contributed by atoms with Gasteiger partial charge in [-0.25, -0.2) is 0 Å². The highest BCUT2D eigenvalue weighted by atomic mass is 16.7. The molecule has 0 aromatic carbocycles. The number of hydrogen-bond acceptors (Lipinski definition) is 3. The zero-order chi connectivity index (χ0) is 13.3. The number of allylic oxidation sites excluding steroid dienone is 1. The summed E-state index contributed by atoms with van der Waals surface area (Å²) in [5.74, 6) is 0. The molecule has 0 aliphatic carbocycles. The van der Waals surface area contributed by atoms with E-state index in [-0.39, 0.29) is 6.29 Å². The minimum absolute atomic E-state index is 0.0283. The predicted molar refractivity (Wildman–Crippen MR) is 78.7 cm³/mol. The summed E-state index contributed by atoms with van der Waals surface area (Å²) in [6.07, 6.45) is 11.7. The highest BCUT2D eigenvalue weighted by molar-refractivity contribution is 5.85. The van der Waals surface area contributed by atoms with E-state index in [1.54, 1.807) is 0 Å². The van der Waals surface area contributed by atoms with Crippen molar-refractivity contribution in [3.63, 3.8) is 0 Å². The van der Waals surface area contributed by atoms with Crippen LogP contribution < -0.4 is 0 Å². The summed E-state index contributed by atoms with van der Waals surface area (Å²) in [6.45, 7) is 4.77. The third-order valence-electron chi connectivity index (χ3n) is 3.87. The third kappa shape index (κ3) is 5.87. The third-order valence-corrected chi connectivity index (χ3v) is 3.87. The van der Waals surface area contributed by atoms with Crippen LogP contribution in [0.25, 0.3) is 0 Å². The van der Waals surface area contributed by atoms with Crippen molar-refractivity contribution in [2.45, 2.75) is 64.6 Å². The van der Waals surface area contributed by atoms with Crippen molar-refractivity contribution in [2.75, 3.05) is 19.8 Å². The van der Waals surface area contributed by atoms with Gasteiger partial charge in [0.1, 0.15) is 0 Å². The van der Waals surface area contributed by atoms with Crippen molar-refractivity contribution in [1.82, 2.24) is 0 Å². The van der Waals surface area contributed by atoms with Gasteiger partial charge in [0.15, 0.2) is 6.29 Å². The fourth-order valence-electron chi connectivity index (χ4n) is 2.54. The molecule has 108 valence electrons. The normalized spacial score (nSPS) is 25.2. The Morgan fingerprint density at radius 2 is 2.32 bits per heavy atom. The van der Waals surface area contributed by atoms with Crippen molar-refractivity contribution in [1.29, 1.82) is 0 Å². The molecule has 0 saturated carbocycles. The fourth-order valence-corrected chi connectivity index (χ4v) is 2.54. The Balaban J connectivity index is 1.60.